The molecule has 0 aliphatic carbocycles. The fourth-order valence-electron chi connectivity index (χ4n) is 2.62. The van der Waals surface area contributed by atoms with Crippen LogP contribution in [0, 0.1) is 6.92 Å². The topological polar surface area (TPSA) is 21.3 Å². The monoisotopic (exact) mass is 239 g/mol. The Bertz CT molecular complexity index is 552. The molecule has 0 aromatic heterocycles. The first-order chi connectivity index (χ1) is 8.78. The minimum absolute atomic E-state index is 0.381. The van der Waals surface area contributed by atoms with E-state index in [1.807, 2.05) is 0 Å². The average Bonchev–Trinajstić information content (AvgIpc) is 2.82. The quantitative estimate of drug-likeness (QED) is 0.862. The van der Waals surface area contributed by atoms with Crippen molar-refractivity contribution in [3.8, 4) is 5.75 Å². The van der Waals surface area contributed by atoms with Crippen molar-refractivity contribution < 1.29 is 4.74 Å². The van der Waals surface area contributed by atoms with E-state index >= 15 is 0 Å². The molecule has 0 spiro atoms. The molecule has 92 valence electrons. The van der Waals surface area contributed by atoms with E-state index in [2.05, 4.69) is 54.7 Å². The minimum Gasteiger partial charge on any atom is -0.496 e. The van der Waals surface area contributed by atoms with E-state index in [1.54, 1.807) is 7.11 Å². The van der Waals surface area contributed by atoms with E-state index in [4.69, 9.17) is 4.74 Å². The minimum atomic E-state index is 0.381. The van der Waals surface area contributed by atoms with Gasteiger partial charge in [-0.1, -0.05) is 30.3 Å². The SMILES string of the molecule is COc1ccc([C@H]2Cc3ccccc3N2)cc1C. The standard InChI is InChI=1S/C16H17NO/c1-11-9-13(7-8-16(11)18-2)15-10-12-5-3-4-6-14(12)17-15/h3-9,15,17H,10H2,1-2H3/t15-/m1/s1. The summed E-state index contributed by atoms with van der Waals surface area (Å²) >= 11 is 0. The number of anilines is 1. The van der Waals surface area contributed by atoms with Crippen molar-refractivity contribution in [1.82, 2.24) is 0 Å². The predicted molar refractivity (Wildman–Crippen MR) is 74.2 cm³/mol. The van der Waals surface area contributed by atoms with Crippen LogP contribution < -0.4 is 10.1 Å². The van der Waals surface area contributed by atoms with Crippen molar-refractivity contribution in [3.63, 3.8) is 0 Å². The van der Waals surface area contributed by atoms with Crippen molar-refractivity contribution in [2.45, 2.75) is 19.4 Å². The second kappa shape index (κ2) is 4.37. The molecule has 1 atom stereocenters. The fraction of sp³-hybridized carbons (Fsp3) is 0.250. The highest BCUT2D eigenvalue weighted by Crippen LogP contribution is 2.35. The van der Waals surface area contributed by atoms with Gasteiger partial charge in [0.05, 0.1) is 13.2 Å². The third-order valence-corrected chi connectivity index (χ3v) is 3.59. The van der Waals surface area contributed by atoms with Gasteiger partial charge in [-0.3, -0.25) is 0 Å². The molecule has 1 aliphatic heterocycles. The average molecular weight is 239 g/mol. The summed E-state index contributed by atoms with van der Waals surface area (Å²) in [7, 11) is 1.71. The van der Waals surface area contributed by atoms with Crippen LogP contribution in [0.3, 0.4) is 0 Å². The lowest BCUT2D eigenvalue weighted by atomic mass is 10.0. The molecule has 2 aromatic rings. The molecule has 0 bridgehead atoms. The van der Waals surface area contributed by atoms with Crippen LogP contribution in [0.4, 0.5) is 5.69 Å². The second-order valence-electron chi connectivity index (χ2n) is 4.79. The van der Waals surface area contributed by atoms with Gasteiger partial charge in [0.2, 0.25) is 0 Å². The molecule has 3 rings (SSSR count). The molecule has 0 saturated carbocycles. The zero-order valence-corrected chi connectivity index (χ0v) is 10.7. The summed E-state index contributed by atoms with van der Waals surface area (Å²) in [4.78, 5) is 0. The third kappa shape index (κ3) is 1.84. The van der Waals surface area contributed by atoms with Crippen LogP contribution in [0.2, 0.25) is 0 Å². The maximum absolute atomic E-state index is 5.30. The van der Waals surface area contributed by atoms with E-state index in [-0.39, 0.29) is 0 Å². The molecule has 1 N–H and O–H groups in total. The second-order valence-corrected chi connectivity index (χ2v) is 4.79. The predicted octanol–water partition coefficient (Wildman–Crippen LogP) is 3.71. The van der Waals surface area contributed by atoms with Gasteiger partial charge in [0.25, 0.3) is 0 Å². The van der Waals surface area contributed by atoms with Gasteiger partial charge in [0.1, 0.15) is 5.75 Å². The molecule has 2 nitrogen and oxygen atoms in total. The van der Waals surface area contributed by atoms with E-state index in [0.717, 1.165) is 12.2 Å². The lowest BCUT2D eigenvalue weighted by Gasteiger charge is -2.14. The number of hydrogen-bond acceptors (Lipinski definition) is 2. The van der Waals surface area contributed by atoms with Crippen molar-refractivity contribution >= 4 is 5.69 Å². The molecule has 18 heavy (non-hydrogen) atoms. The smallest absolute Gasteiger partial charge is 0.121 e. The van der Waals surface area contributed by atoms with E-state index in [9.17, 15) is 0 Å². The summed E-state index contributed by atoms with van der Waals surface area (Å²) in [5, 5.41) is 3.57. The summed E-state index contributed by atoms with van der Waals surface area (Å²) in [5.41, 5.74) is 5.17. The summed E-state index contributed by atoms with van der Waals surface area (Å²) in [5.74, 6) is 0.953. The molecule has 1 aliphatic rings. The summed E-state index contributed by atoms with van der Waals surface area (Å²) in [6.45, 7) is 2.09. The Morgan fingerprint density at radius 2 is 2.00 bits per heavy atom. The van der Waals surface area contributed by atoms with Crippen LogP contribution in [0.5, 0.6) is 5.75 Å². The number of para-hydroxylation sites is 1. The van der Waals surface area contributed by atoms with Gasteiger partial charge in [0.15, 0.2) is 0 Å². The van der Waals surface area contributed by atoms with E-state index in [0.29, 0.717) is 6.04 Å². The van der Waals surface area contributed by atoms with Crippen LogP contribution in [-0.4, -0.2) is 7.11 Å². The van der Waals surface area contributed by atoms with Crippen molar-refractivity contribution in [2.75, 3.05) is 12.4 Å². The number of hydrogen-bond donors (Lipinski definition) is 1. The van der Waals surface area contributed by atoms with Crippen LogP contribution >= 0.6 is 0 Å². The highest BCUT2D eigenvalue weighted by molar-refractivity contribution is 5.58. The number of aryl methyl sites for hydroxylation is 1. The zero-order valence-electron chi connectivity index (χ0n) is 10.7. The molecule has 0 saturated heterocycles. The largest absolute Gasteiger partial charge is 0.496 e. The van der Waals surface area contributed by atoms with Crippen LogP contribution in [0.25, 0.3) is 0 Å². The van der Waals surface area contributed by atoms with Gasteiger partial charge >= 0.3 is 0 Å². The maximum atomic E-state index is 5.30. The van der Waals surface area contributed by atoms with Gasteiger partial charge in [-0.05, 0) is 42.2 Å². The first-order valence-electron chi connectivity index (χ1n) is 6.27. The first-order valence-corrected chi connectivity index (χ1v) is 6.27. The third-order valence-electron chi connectivity index (χ3n) is 3.59. The number of benzene rings is 2. The Labute approximate surface area is 108 Å². The molecule has 0 fully saturated rings. The van der Waals surface area contributed by atoms with Gasteiger partial charge in [-0.25, -0.2) is 0 Å². The Morgan fingerprint density at radius 1 is 1.17 bits per heavy atom. The number of fused-ring (bicyclic) bond motifs is 1. The van der Waals surface area contributed by atoms with E-state index in [1.165, 1.54) is 22.4 Å². The first kappa shape index (κ1) is 11.1. The molecule has 2 heteroatoms. The maximum Gasteiger partial charge on any atom is 0.121 e. The highest BCUT2D eigenvalue weighted by atomic mass is 16.5. The Kier molecular flexibility index (Phi) is 2.71. The molecule has 0 unspecified atom stereocenters. The van der Waals surface area contributed by atoms with Crippen LogP contribution in [-0.2, 0) is 6.42 Å². The molecule has 0 amide bonds. The summed E-state index contributed by atoms with van der Waals surface area (Å²) < 4.78 is 5.30. The van der Waals surface area contributed by atoms with Crippen molar-refractivity contribution in [1.29, 1.82) is 0 Å². The Hall–Kier alpha value is -1.96. The number of nitrogens with one attached hydrogen (secondary N) is 1. The van der Waals surface area contributed by atoms with E-state index < -0.39 is 0 Å². The molecule has 2 aromatic carbocycles. The summed E-state index contributed by atoms with van der Waals surface area (Å²) in [6, 6.07) is 15.3. The van der Waals surface area contributed by atoms with Gasteiger partial charge in [0, 0.05) is 5.69 Å². The Balaban J connectivity index is 1.88. The molecular formula is C16H17NO. The zero-order chi connectivity index (χ0) is 12.5. The lowest BCUT2D eigenvalue weighted by Crippen LogP contribution is -2.06. The lowest BCUT2D eigenvalue weighted by molar-refractivity contribution is 0.411. The van der Waals surface area contributed by atoms with Gasteiger partial charge in [-0.2, -0.15) is 0 Å². The number of methoxy groups -OCH3 is 1. The van der Waals surface area contributed by atoms with Gasteiger partial charge in [-0.15, -0.1) is 0 Å². The normalized spacial score (nSPS) is 17.1. The fourth-order valence-corrected chi connectivity index (χ4v) is 2.62. The summed E-state index contributed by atoms with van der Waals surface area (Å²) in [6.07, 6.45) is 1.06. The van der Waals surface area contributed by atoms with Crippen molar-refractivity contribution in [2.24, 2.45) is 0 Å². The van der Waals surface area contributed by atoms with Gasteiger partial charge < -0.3 is 10.1 Å². The molecule has 0 radical (unpaired) electrons. The highest BCUT2D eigenvalue weighted by Gasteiger charge is 2.21. The number of rotatable bonds is 2. The van der Waals surface area contributed by atoms with Crippen LogP contribution in [0.15, 0.2) is 42.5 Å². The molecule has 1 heterocycles. The molecular weight excluding hydrogens is 222 g/mol. The van der Waals surface area contributed by atoms with Crippen molar-refractivity contribution in [3.05, 3.63) is 59.2 Å². The van der Waals surface area contributed by atoms with Crippen LogP contribution in [0.1, 0.15) is 22.7 Å². The number of ether oxygens (including phenoxy) is 1. The Morgan fingerprint density at radius 3 is 2.72 bits per heavy atom.